The maximum atomic E-state index is 11.8. The molecule has 0 saturated carbocycles. The molecule has 1 atom stereocenters. The number of thiophene rings is 1. The van der Waals surface area contributed by atoms with Crippen molar-refractivity contribution in [3.05, 3.63) is 52.5 Å². The summed E-state index contributed by atoms with van der Waals surface area (Å²) in [5.41, 5.74) is 0.542. The van der Waals surface area contributed by atoms with E-state index in [4.69, 9.17) is 5.26 Å². The molecule has 0 bridgehead atoms. The van der Waals surface area contributed by atoms with E-state index in [1.165, 1.54) is 11.3 Å². The smallest absolute Gasteiger partial charge is 0.262 e. The third-order valence-corrected chi connectivity index (χ3v) is 3.00. The van der Waals surface area contributed by atoms with Gasteiger partial charge in [-0.2, -0.15) is 5.26 Å². The summed E-state index contributed by atoms with van der Waals surface area (Å²) < 4.78 is 0. The van der Waals surface area contributed by atoms with Crippen LogP contribution in [-0.2, 0) is 0 Å². The van der Waals surface area contributed by atoms with E-state index in [2.05, 4.69) is 10.3 Å². The van der Waals surface area contributed by atoms with Crippen LogP contribution in [0.1, 0.15) is 21.4 Å². The molecule has 2 heterocycles. The van der Waals surface area contributed by atoms with Crippen molar-refractivity contribution in [2.24, 2.45) is 0 Å². The van der Waals surface area contributed by atoms with Gasteiger partial charge in [0.2, 0.25) is 0 Å². The molecule has 0 aliphatic rings. The van der Waals surface area contributed by atoms with E-state index in [0.29, 0.717) is 10.6 Å². The van der Waals surface area contributed by atoms with Crippen LogP contribution < -0.4 is 5.32 Å². The highest BCUT2D eigenvalue weighted by atomic mass is 32.1. The molecule has 2 aromatic heterocycles. The van der Waals surface area contributed by atoms with Gasteiger partial charge in [-0.15, -0.1) is 11.3 Å². The average Bonchev–Trinajstić information content (AvgIpc) is 2.90. The number of hydrogen-bond donors (Lipinski definition) is 1. The first-order valence-electron chi connectivity index (χ1n) is 4.96. The molecule has 1 unspecified atom stereocenters. The van der Waals surface area contributed by atoms with Gasteiger partial charge in [0.05, 0.1) is 16.6 Å². The second-order valence-corrected chi connectivity index (χ2v) is 4.22. The summed E-state index contributed by atoms with van der Waals surface area (Å²) in [5.74, 6) is -0.253. The Morgan fingerprint density at radius 1 is 1.41 bits per heavy atom. The Kier molecular flexibility index (Phi) is 3.48. The zero-order valence-electron chi connectivity index (χ0n) is 8.83. The molecule has 0 aliphatic carbocycles. The largest absolute Gasteiger partial charge is 0.331 e. The SMILES string of the molecule is N#CC(NC(=O)c1cccs1)c1ccccn1. The Morgan fingerprint density at radius 3 is 2.88 bits per heavy atom. The molecule has 84 valence electrons. The number of nitrogens with one attached hydrogen (secondary N) is 1. The van der Waals surface area contributed by atoms with Crippen molar-refractivity contribution in [2.75, 3.05) is 0 Å². The number of nitriles is 1. The summed E-state index contributed by atoms with van der Waals surface area (Å²) in [4.78, 5) is 16.4. The molecule has 17 heavy (non-hydrogen) atoms. The fraction of sp³-hybridized carbons (Fsp3) is 0.0833. The minimum Gasteiger partial charge on any atom is -0.331 e. The van der Waals surface area contributed by atoms with E-state index in [1.54, 1.807) is 36.5 Å². The molecule has 0 spiro atoms. The van der Waals surface area contributed by atoms with Crippen LogP contribution in [0.3, 0.4) is 0 Å². The van der Waals surface area contributed by atoms with Crippen molar-refractivity contribution in [3.8, 4) is 6.07 Å². The molecule has 0 aliphatic heterocycles. The normalized spacial score (nSPS) is 11.5. The van der Waals surface area contributed by atoms with Gasteiger partial charge in [0.15, 0.2) is 6.04 Å². The fourth-order valence-corrected chi connectivity index (χ4v) is 1.96. The Balaban J connectivity index is 2.12. The fourth-order valence-electron chi connectivity index (χ4n) is 1.33. The summed E-state index contributed by atoms with van der Waals surface area (Å²) in [6.07, 6.45) is 1.59. The molecule has 2 rings (SSSR count). The lowest BCUT2D eigenvalue weighted by molar-refractivity contribution is 0.0948. The molecular formula is C12H9N3OS. The van der Waals surface area contributed by atoms with Crippen molar-refractivity contribution in [1.82, 2.24) is 10.3 Å². The summed E-state index contributed by atoms with van der Waals surface area (Å²) in [6.45, 7) is 0. The number of rotatable bonds is 3. The molecule has 2 aromatic rings. The molecule has 1 N–H and O–H groups in total. The first-order valence-corrected chi connectivity index (χ1v) is 5.84. The Bertz CT molecular complexity index is 531. The topological polar surface area (TPSA) is 65.8 Å². The van der Waals surface area contributed by atoms with Gasteiger partial charge in [-0.25, -0.2) is 0 Å². The van der Waals surface area contributed by atoms with Crippen LogP contribution in [-0.4, -0.2) is 10.9 Å². The lowest BCUT2D eigenvalue weighted by atomic mass is 10.2. The van der Waals surface area contributed by atoms with Crippen LogP contribution in [0, 0.1) is 11.3 Å². The predicted molar refractivity (Wildman–Crippen MR) is 64.4 cm³/mol. The van der Waals surface area contributed by atoms with Gasteiger partial charge in [0, 0.05) is 6.20 Å². The monoisotopic (exact) mass is 243 g/mol. The van der Waals surface area contributed by atoms with Crippen LogP contribution >= 0.6 is 11.3 Å². The van der Waals surface area contributed by atoms with Crippen LogP contribution in [0.25, 0.3) is 0 Å². The molecular weight excluding hydrogens is 234 g/mol. The first-order chi connectivity index (χ1) is 8.31. The predicted octanol–water partition coefficient (Wildman–Crippen LogP) is 2.14. The average molecular weight is 243 g/mol. The van der Waals surface area contributed by atoms with Gasteiger partial charge in [-0.05, 0) is 23.6 Å². The van der Waals surface area contributed by atoms with Crippen LogP contribution in [0.5, 0.6) is 0 Å². The zero-order chi connectivity index (χ0) is 12.1. The summed E-state index contributed by atoms with van der Waals surface area (Å²) >= 11 is 1.34. The standard InChI is InChI=1S/C12H9N3OS/c13-8-10(9-4-1-2-6-14-9)15-12(16)11-5-3-7-17-11/h1-7,10H,(H,15,16). The summed E-state index contributed by atoms with van der Waals surface area (Å²) in [5, 5.41) is 13.5. The van der Waals surface area contributed by atoms with E-state index >= 15 is 0 Å². The van der Waals surface area contributed by atoms with E-state index < -0.39 is 6.04 Å². The van der Waals surface area contributed by atoms with E-state index in [0.717, 1.165) is 0 Å². The third kappa shape index (κ3) is 2.68. The highest BCUT2D eigenvalue weighted by Gasteiger charge is 2.16. The number of nitrogens with zero attached hydrogens (tertiary/aromatic N) is 2. The van der Waals surface area contributed by atoms with Gasteiger partial charge >= 0.3 is 0 Å². The highest BCUT2D eigenvalue weighted by molar-refractivity contribution is 7.12. The van der Waals surface area contributed by atoms with E-state index in [-0.39, 0.29) is 5.91 Å². The summed E-state index contributed by atoms with van der Waals surface area (Å²) in [7, 11) is 0. The maximum absolute atomic E-state index is 11.8. The van der Waals surface area contributed by atoms with Gasteiger partial charge in [-0.3, -0.25) is 9.78 Å². The van der Waals surface area contributed by atoms with Crippen molar-refractivity contribution in [1.29, 1.82) is 5.26 Å². The van der Waals surface area contributed by atoms with Crippen LogP contribution in [0.2, 0.25) is 0 Å². The second-order valence-electron chi connectivity index (χ2n) is 3.27. The van der Waals surface area contributed by atoms with Gasteiger partial charge in [-0.1, -0.05) is 12.1 Å². The molecule has 0 saturated heterocycles. The lowest BCUT2D eigenvalue weighted by Crippen LogP contribution is -2.27. The molecule has 0 aromatic carbocycles. The maximum Gasteiger partial charge on any atom is 0.262 e. The van der Waals surface area contributed by atoms with Crippen LogP contribution in [0.4, 0.5) is 0 Å². The Hall–Kier alpha value is -2.19. The third-order valence-electron chi connectivity index (χ3n) is 2.13. The summed E-state index contributed by atoms with van der Waals surface area (Å²) in [6, 6.07) is 10.1. The molecule has 0 fully saturated rings. The number of carbonyl (C=O) groups is 1. The molecule has 0 radical (unpaired) electrons. The zero-order valence-corrected chi connectivity index (χ0v) is 9.65. The Labute approximate surface area is 103 Å². The van der Waals surface area contributed by atoms with Crippen LogP contribution in [0.15, 0.2) is 41.9 Å². The molecule has 4 nitrogen and oxygen atoms in total. The lowest BCUT2D eigenvalue weighted by Gasteiger charge is -2.09. The van der Waals surface area contributed by atoms with E-state index in [9.17, 15) is 4.79 Å². The molecule has 5 heteroatoms. The van der Waals surface area contributed by atoms with Crippen molar-refractivity contribution < 1.29 is 4.79 Å². The van der Waals surface area contributed by atoms with Crippen molar-refractivity contribution in [2.45, 2.75) is 6.04 Å². The number of pyridine rings is 1. The molecule has 1 amide bonds. The number of carbonyl (C=O) groups excluding carboxylic acids is 1. The van der Waals surface area contributed by atoms with Crippen molar-refractivity contribution >= 4 is 17.2 Å². The number of hydrogen-bond acceptors (Lipinski definition) is 4. The van der Waals surface area contributed by atoms with Gasteiger partial charge in [0.1, 0.15) is 0 Å². The number of aromatic nitrogens is 1. The Morgan fingerprint density at radius 2 is 2.29 bits per heavy atom. The first kappa shape index (κ1) is 11.3. The van der Waals surface area contributed by atoms with E-state index in [1.807, 2.05) is 11.4 Å². The number of amides is 1. The van der Waals surface area contributed by atoms with Gasteiger partial charge < -0.3 is 5.32 Å². The van der Waals surface area contributed by atoms with Crippen molar-refractivity contribution in [3.63, 3.8) is 0 Å². The van der Waals surface area contributed by atoms with Gasteiger partial charge in [0.25, 0.3) is 5.91 Å². The minimum absolute atomic E-state index is 0.253. The minimum atomic E-state index is -0.717. The quantitative estimate of drug-likeness (QED) is 0.898. The highest BCUT2D eigenvalue weighted by Crippen LogP contribution is 2.12. The second kappa shape index (κ2) is 5.23.